The molecule has 0 amide bonds. The van der Waals surface area contributed by atoms with Crippen molar-refractivity contribution < 1.29 is 9.53 Å². The van der Waals surface area contributed by atoms with Gasteiger partial charge in [-0.1, -0.05) is 17.7 Å². The molecule has 0 aliphatic carbocycles. The fourth-order valence-corrected chi connectivity index (χ4v) is 2.87. The molecule has 1 fully saturated rings. The third kappa shape index (κ3) is 3.83. The number of carbonyl (C=O) groups excluding carboxylic acids is 1. The maximum Gasteiger partial charge on any atom is 0.328 e. The van der Waals surface area contributed by atoms with Gasteiger partial charge in [-0.05, 0) is 45.9 Å². The topological polar surface area (TPSA) is 32.8 Å². The van der Waals surface area contributed by atoms with E-state index in [2.05, 4.69) is 35.9 Å². The highest BCUT2D eigenvalue weighted by molar-refractivity contribution is 5.78. The van der Waals surface area contributed by atoms with E-state index < -0.39 is 0 Å². The van der Waals surface area contributed by atoms with E-state index in [-0.39, 0.29) is 12.0 Å². The first kappa shape index (κ1) is 16.0. The number of nitrogens with zero attached hydrogens (tertiary/aromatic N) is 2. The zero-order valence-electron chi connectivity index (χ0n) is 13.8. The molecule has 0 N–H and O–H groups in total. The molecule has 0 spiro atoms. The Morgan fingerprint density at radius 3 is 2.14 bits per heavy atom. The van der Waals surface area contributed by atoms with Gasteiger partial charge < -0.3 is 9.64 Å². The Bertz CT molecular complexity index is 497. The molecular weight excluding hydrogens is 264 g/mol. The molecule has 4 heteroatoms. The maximum absolute atomic E-state index is 12.4. The fraction of sp³-hybridized carbons (Fsp3) is 0.588. The summed E-state index contributed by atoms with van der Waals surface area (Å²) in [6.07, 6.45) is 0. The Hall–Kier alpha value is -1.39. The van der Waals surface area contributed by atoms with E-state index >= 15 is 0 Å². The van der Waals surface area contributed by atoms with Crippen LogP contribution < -0.4 is 4.74 Å². The zero-order chi connectivity index (χ0) is 15.6. The number of rotatable bonds is 3. The van der Waals surface area contributed by atoms with Crippen molar-refractivity contribution in [3.63, 3.8) is 0 Å². The first-order valence-corrected chi connectivity index (χ1v) is 7.60. The van der Waals surface area contributed by atoms with E-state index in [1.165, 1.54) is 5.56 Å². The summed E-state index contributed by atoms with van der Waals surface area (Å²) >= 11 is 0. The SMILES string of the molecule is Cc1cc(C)c(OC(=O)C(C)N2CCN(C)CC2)c(C)c1. The van der Waals surface area contributed by atoms with Crippen molar-refractivity contribution in [3.8, 4) is 5.75 Å². The summed E-state index contributed by atoms with van der Waals surface area (Å²) in [6.45, 7) is 11.8. The summed E-state index contributed by atoms with van der Waals surface area (Å²) in [6, 6.07) is 3.91. The molecule has 0 aromatic heterocycles. The molecule has 1 unspecified atom stereocenters. The number of hydrogen-bond acceptors (Lipinski definition) is 4. The van der Waals surface area contributed by atoms with Crippen LogP contribution in [0.4, 0.5) is 0 Å². The lowest BCUT2D eigenvalue weighted by molar-refractivity contribution is -0.140. The van der Waals surface area contributed by atoms with Crippen LogP contribution in [0.1, 0.15) is 23.6 Å². The molecular formula is C17H26N2O2. The first-order chi connectivity index (χ1) is 9.88. The molecule has 1 aromatic rings. The fourth-order valence-electron chi connectivity index (χ4n) is 2.87. The van der Waals surface area contributed by atoms with Gasteiger partial charge in [-0.15, -0.1) is 0 Å². The molecule has 0 bridgehead atoms. The van der Waals surface area contributed by atoms with Crippen LogP contribution in [-0.2, 0) is 4.79 Å². The average molecular weight is 290 g/mol. The molecule has 1 aliphatic heterocycles. The summed E-state index contributed by atoms with van der Waals surface area (Å²) in [7, 11) is 2.11. The summed E-state index contributed by atoms with van der Waals surface area (Å²) < 4.78 is 5.68. The van der Waals surface area contributed by atoms with Gasteiger partial charge in [0.2, 0.25) is 0 Å². The van der Waals surface area contributed by atoms with Gasteiger partial charge in [0, 0.05) is 26.2 Å². The number of aryl methyl sites for hydroxylation is 3. The Kier molecular flexibility index (Phi) is 5.01. The van der Waals surface area contributed by atoms with Crippen molar-refractivity contribution >= 4 is 5.97 Å². The van der Waals surface area contributed by atoms with Crippen molar-refractivity contribution in [1.82, 2.24) is 9.80 Å². The molecule has 21 heavy (non-hydrogen) atoms. The molecule has 1 saturated heterocycles. The minimum absolute atomic E-state index is 0.158. The second-order valence-corrected chi connectivity index (χ2v) is 6.16. The van der Waals surface area contributed by atoms with Crippen LogP contribution in [0.3, 0.4) is 0 Å². The van der Waals surface area contributed by atoms with E-state index in [9.17, 15) is 4.79 Å². The van der Waals surface area contributed by atoms with Gasteiger partial charge in [0.25, 0.3) is 0 Å². The van der Waals surface area contributed by atoms with Crippen molar-refractivity contribution in [2.24, 2.45) is 0 Å². The lowest BCUT2D eigenvalue weighted by Crippen LogP contribution is -2.51. The maximum atomic E-state index is 12.4. The Labute approximate surface area is 127 Å². The Balaban J connectivity index is 2.04. The molecule has 1 atom stereocenters. The van der Waals surface area contributed by atoms with Crippen molar-refractivity contribution in [2.45, 2.75) is 33.7 Å². The van der Waals surface area contributed by atoms with Gasteiger partial charge in [0.1, 0.15) is 11.8 Å². The van der Waals surface area contributed by atoms with E-state index in [0.717, 1.165) is 37.3 Å². The van der Waals surface area contributed by atoms with Crippen LogP contribution in [0.5, 0.6) is 5.75 Å². The molecule has 4 nitrogen and oxygen atoms in total. The van der Waals surface area contributed by atoms with Gasteiger partial charge in [-0.25, -0.2) is 4.79 Å². The van der Waals surface area contributed by atoms with E-state index in [1.54, 1.807) is 0 Å². The number of benzene rings is 1. The van der Waals surface area contributed by atoms with Gasteiger partial charge in [0.15, 0.2) is 0 Å². The van der Waals surface area contributed by atoms with Crippen LogP contribution >= 0.6 is 0 Å². The second-order valence-electron chi connectivity index (χ2n) is 6.16. The minimum atomic E-state index is -0.196. The van der Waals surface area contributed by atoms with Crippen LogP contribution in [0.25, 0.3) is 0 Å². The van der Waals surface area contributed by atoms with Crippen molar-refractivity contribution in [1.29, 1.82) is 0 Å². The van der Waals surface area contributed by atoms with Gasteiger partial charge in [-0.3, -0.25) is 4.90 Å². The minimum Gasteiger partial charge on any atom is -0.425 e. The number of ether oxygens (including phenoxy) is 1. The van der Waals surface area contributed by atoms with Crippen molar-refractivity contribution in [3.05, 3.63) is 28.8 Å². The lowest BCUT2D eigenvalue weighted by Gasteiger charge is -2.35. The Morgan fingerprint density at radius 1 is 1.10 bits per heavy atom. The highest BCUT2D eigenvalue weighted by atomic mass is 16.5. The second kappa shape index (κ2) is 6.58. The summed E-state index contributed by atoms with van der Waals surface area (Å²) in [4.78, 5) is 16.9. The van der Waals surface area contributed by atoms with Crippen LogP contribution in [0.2, 0.25) is 0 Å². The number of hydrogen-bond donors (Lipinski definition) is 0. The van der Waals surface area contributed by atoms with Gasteiger partial charge >= 0.3 is 5.97 Å². The van der Waals surface area contributed by atoms with Gasteiger partial charge in [-0.2, -0.15) is 0 Å². The standard InChI is InChI=1S/C17H26N2O2/c1-12-10-13(2)16(14(3)11-12)21-17(20)15(4)19-8-6-18(5)7-9-19/h10-11,15H,6-9H2,1-5H3. The predicted molar refractivity (Wildman–Crippen MR) is 84.8 cm³/mol. The molecule has 0 saturated carbocycles. The van der Waals surface area contributed by atoms with E-state index in [1.807, 2.05) is 20.8 Å². The summed E-state index contributed by atoms with van der Waals surface area (Å²) in [5.41, 5.74) is 3.23. The normalized spacial score (nSPS) is 18.5. The molecule has 0 radical (unpaired) electrons. The van der Waals surface area contributed by atoms with Crippen molar-refractivity contribution in [2.75, 3.05) is 33.2 Å². The summed E-state index contributed by atoms with van der Waals surface area (Å²) in [5, 5.41) is 0. The number of piperazine rings is 1. The monoisotopic (exact) mass is 290 g/mol. The molecule has 1 aromatic carbocycles. The average Bonchev–Trinajstić information content (AvgIpc) is 2.42. The molecule has 1 aliphatic rings. The quantitative estimate of drug-likeness (QED) is 0.631. The Morgan fingerprint density at radius 2 is 1.62 bits per heavy atom. The third-order valence-corrected chi connectivity index (χ3v) is 4.23. The number of esters is 1. The first-order valence-electron chi connectivity index (χ1n) is 7.60. The molecule has 116 valence electrons. The molecule has 2 rings (SSSR count). The zero-order valence-corrected chi connectivity index (χ0v) is 13.8. The van der Waals surface area contributed by atoms with Gasteiger partial charge in [0.05, 0.1) is 0 Å². The highest BCUT2D eigenvalue weighted by Gasteiger charge is 2.26. The predicted octanol–water partition coefficient (Wildman–Crippen LogP) is 2.15. The van der Waals surface area contributed by atoms with Crippen LogP contribution in [-0.4, -0.2) is 55.0 Å². The number of carbonyl (C=O) groups is 1. The van der Waals surface area contributed by atoms with Crippen LogP contribution in [0, 0.1) is 20.8 Å². The summed E-state index contributed by atoms with van der Waals surface area (Å²) in [5.74, 6) is 0.557. The molecule has 1 heterocycles. The van der Waals surface area contributed by atoms with E-state index in [4.69, 9.17) is 4.74 Å². The largest absolute Gasteiger partial charge is 0.425 e. The lowest BCUT2D eigenvalue weighted by atomic mass is 10.1. The highest BCUT2D eigenvalue weighted by Crippen LogP contribution is 2.25. The van der Waals surface area contributed by atoms with Crippen LogP contribution in [0.15, 0.2) is 12.1 Å². The smallest absolute Gasteiger partial charge is 0.328 e. The van der Waals surface area contributed by atoms with E-state index in [0.29, 0.717) is 5.75 Å². The third-order valence-electron chi connectivity index (χ3n) is 4.23. The number of likely N-dealkylation sites (N-methyl/N-ethyl adjacent to an activating group) is 1.